The minimum absolute atomic E-state index is 0.286. The number of nitrogens with one attached hydrogen (secondary N) is 1. The number of benzene rings is 1. The fourth-order valence-corrected chi connectivity index (χ4v) is 2.18. The highest BCUT2D eigenvalue weighted by Gasteiger charge is 2.14. The molecule has 1 aromatic carbocycles. The fourth-order valence-electron chi connectivity index (χ4n) is 1.24. The smallest absolute Gasteiger partial charge is 0.260 e. The molecule has 0 atom stereocenters. The molecule has 0 spiro atoms. The topological polar surface area (TPSA) is 42.2 Å². The van der Waals surface area contributed by atoms with Gasteiger partial charge >= 0.3 is 0 Å². The Balaban J connectivity index is 2.24. The van der Waals surface area contributed by atoms with Crippen molar-refractivity contribution in [1.29, 1.82) is 0 Å². The Morgan fingerprint density at radius 2 is 2.06 bits per heavy atom. The lowest BCUT2D eigenvalue weighted by atomic mass is 10.3. The van der Waals surface area contributed by atoms with Crippen LogP contribution in [0.15, 0.2) is 44.1 Å². The van der Waals surface area contributed by atoms with E-state index in [1.54, 1.807) is 24.3 Å². The van der Waals surface area contributed by atoms with Gasteiger partial charge in [-0.15, -0.1) is 0 Å². The molecule has 0 aliphatic heterocycles. The molecule has 0 radical (unpaired) electrons. The van der Waals surface area contributed by atoms with E-state index in [1.165, 1.54) is 6.26 Å². The van der Waals surface area contributed by atoms with Gasteiger partial charge in [0.1, 0.15) is 0 Å². The van der Waals surface area contributed by atoms with Crippen LogP contribution in [0.2, 0.25) is 5.02 Å². The Morgan fingerprint density at radius 1 is 1.29 bits per heavy atom. The standard InChI is InChI=1S/C11H6Br2ClNO2/c12-6-1-2-8(14)9(5-6)15-11(16)7-3-4-17-10(7)13/h1-5H,(H,15,16). The summed E-state index contributed by atoms with van der Waals surface area (Å²) in [6, 6.07) is 6.80. The van der Waals surface area contributed by atoms with E-state index < -0.39 is 0 Å². The third-order valence-electron chi connectivity index (χ3n) is 2.04. The maximum absolute atomic E-state index is 11.9. The monoisotopic (exact) mass is 377 g/mol. The number of hydrogen-bond donors (Lipinski definition) is 1. The van der Waals surface area contributed by atoms with Gasteiger partial charge in [-0.1, -0.05) is 27.5 Å². The predicted octanol–water partition coefficient (Wildman–Crippen LogP) is 4.71. The first-order valence-electron chi connectivity index (χ1n) is 4.57. The van der Waals surface area contributed by atoms with Crippen molar-refractivity contribution >= 4 is 55.1 Å². The number of hydrogen-bond acceptors (Lipinski definition) is 2. The molecule has 88 valence electrons. The fraction of sp³-hybridized carbons (Fsp3) is 0. The summed E-state index contributed by atoms with van der Waals surface area (Å²) in [5.74, 6) is -0.286. The SMILES string of the molecule is O=C(Nc1cc(Br)ccc1Cl)c1ccoc1Br. The quantitative estimate of drug-likeness (QED) is 0.821. The molecular formula is C11H6Br2ClNO2. The summed E-state index contributed by atoms with van der Waals surface area (Å²) >= 11 is 12.4. The van der Waals surface area contributed by atoms with Crippen LogP contribution in [-0.4, -0.2) is 5.91 Å². The minimum atomic E-state index is -0.286. The van der Waals surface area contributed by atoms with Crippen molar-refractivity contribution in [2.75, 3.05) is 5.32 Å². The molecule has 0 saturated carbocycles. The Labute approximate surface area is 119 Å². The summed E-state index contributed by atoms with van der Waals surface area (Å²) in [5, 5.41) is 3.18. The van der Waals surface area contributed by atoms with Gasteiger partial charge in [-0.05, 0) is 40.2 Å². The van der Waals surface area contributed by atoms with E-state index in [2.05, 4.69) is 37.2 Å². The van der Waals surface area contributed by atoms with Gasteiger partial charge in [-0.25, -0.2) is 0 Å². The van der Waals surface area contributed by atoms with Gasteiger partial charge < -0.3 is 9.73 Å². The van der Waals surface area contributed by atoms with Crippen LogP contribution < -0.4 is 5.32 Å². The summed E-state index contributed by atoms with van der Waals surface area (Å²) in [6.07, 6.45) is 1.43. The molecule has 1 aromatic heterocycles. The number of anilines is 1. The average molecular weight is 379 g/mol. The molecule has 6 heteroatoms. The Bertz CT molecular complexity index is 568. The lowest BCUT2D eigenvalue weighted by Gasteiger charge is -2.06. The maximum Gasteiger partial charge on any atom is 0.260 e. The van der Waals surface area contributed by atoms with Crippen molar-refractivity contribution in [3.8, 4) is 0 Å². The van der Waals surface area contributed by atoms with Gasteiger partial charge in [0.15, 0.2) is 4.67 Å². The van der Waals surface area contributed by atoms with Crippen molar-refractivity contribution in [2.24, 2.45) is 0 Å². The molecule has 0 saturated heterocycles. The molecule has 1 amide bonds. The molecule has 0 aliphatic carbocycles. The third-order valence-corrected chi connectivity index (χ3v) is 3.48. The number of carbonyl (C=O) groups excluding carboxylic acids is 1. The lowest BCUT2D eigenvalue weighted by Crippen LogP contribution is -2.11. The van der Waals surface area contributed by atoms with E-state index in [9.17, 15) is 4.79 Å². The largest absolute Gasteiger partial charge is 0.457 e. The normalized spacial score (nSPS) is 10.3. The van der Waals surface area contributed by atoms with E-state index in [0.29, 0.717) is 20.9 Å². The van der Waals surface area contributed by atoms with Gasteiger partial charge in [0.2, 0.25) is 0 Å². The van der Waals surface area contributed by atoms with E-state index in [1.807, 2.05) is 0 Å². The molecule has 0 fully saturated rings. The van der Waals surface area contributed by atoms with Crippen LogP contribution in [0.5, 0.6) is 0 Å². The molecule has 3 nitrogen and oxygen atoms in total. The van der Waals surface area contributed by atoms with Gasteiger partial charge in [0.05, 0.1) is 22.5 Å². The second kappa shape index (κ2) is 5.25. The van der Waals surface area contributed by atoms with Crippen molar-refractivity contribution in [2.45, 2.75) is 0 Å². The number of halogens is 3. The number of furan rings is 1. The van der Waals surface area contributed by atoms with Crippen LogP contribution in [0.1, 0.15) is 10.4 Å². The average Bonchev–Trinajstić information content (AvgIpc) is 2.70. The van der Waals surface area contributed by atoms with Crippen LogP contribution in [-0.2, 0) is 0 Å². The van der Waals surface area contributed by atoms with Crippen molar-refractivity contribution < 1.29 is 9.21 Å². The van der Waals surface area contributed by atoms with Gasteiger partial charge in [0, 0.05) is 4.47 Å². The van der Waals surface area contributed by atoms with Crippen molar-refractivity contribution in [3.05, 3.63) is 50.3 Å². The zero-order valence-corrected chi connectivity index (χ0v) is 12.3. The molecule has 0 aliphatic rings. The van der Waals surface area contributed by atoms with Crippen LogP contribution in [0.25, 0.3) is 0 Å². The Kier molecular flexibility index (Phi) is 3.91. The van der Waals surface area contributed by atoms with Crippen LogP contribution in [0.4, 0.5) is 5.69 Å². The number of carbonyl (C=O) groups is 1. The highest BCUT2D eigenvalue weighted by molar-refractivity contribution is 9.10. The maximum atomic E-state index is 11.9. The summed E-state index contributed by atoms with van der Waals surface area (Å²) in [5.41, 5.74) is 0.959. The zero-order valence-electron chi connectivity index (χ0n) is 8.34. The highest BCUT2D eigenvalue weighted by Crippen LogP contribution is 2.27. The molecule has 0 bridgehead atoms. The molecule has 1 heterocycles. The molecular weight excluding hydrogens is 373 g/mol. The van der Waals surface area contributed by atoms with Crippen LogP contribution in [0.3, 0.4) is 0 Å². The Morgan fingerprint density at radius 3 is 2.71 bits per heavy atom. The first-order valence-corrected chi connectivity index (χ1v) is 6.53. The van der Waals surface area contributed by atoms with Gasteiger partial charge in [0.25, 0.3) is 5.91 Å². The van der Waals surface area contributed by atoms with Gasteiger partial charge in [-0.3, -0.25) is 4.79 Å². The molecule has 1 N–H and O–H groups in total. The summed E-state index contributed by atoms with van der Waals surface area (Å²) in [4.78, 5) is 11.9. The summed E-state index contributed by atoms with van der Waals surface area (Å²) in [7, 11) is 0. The minimum Gasteiger partial charge on any atom is -0.457 e. The Hall–Kier alpha value is -0.780. The molecule has 0 unspecified atom stereocenters. The van der Waals surface area contributed by atoms with E-state index in [4.69, 9.17) is 16.0 Å². The number of rotatable bonds is 2. The molecule has 2 rings (SSSR count). The zero-order chi connectivity index (χ0) is 12.4. The predicted molar refractivity (Wildman–Crippen MR) is 73.5 cm³/mol. The molecule has 17 heavy (non-hydrogen) atoms. The second-order valence-corrected chi connectivity index (χ2v) is 5.23. The number of amides is 1. The van der Waals surface area contributed by atoms with Gasteiger partial charge in [-0.2, -0.15) is 0 Å². The van der Waals surface area contributed by atoms with E-state index in [0.717, 1.165) is 4.47 Å². The third kappa shape index (κ3) is 2.91. The van der Waals surface area contributed by atoms with Crippen LogP contribution in [0, 0.1) is 0 Å². The molecule has 2 aromatic rings. The van der Waals surface area contributed by atoms with Crippen LogP contribution >= 0.6 is 43.5 Å². The second-order valence-electron chi connectivity index (χ2n) is 3.19. The van der Waals surface area contributed by atoms with Crippen molar-refractivity contribution in [1.82, 2.24) is 0 Å². The summed E-state index contributed by atoms with van der Waals surface area (Å²) in [6.45, 7) is 0. The first kappa shape index (κ1) is 12.7. The van der Waals surface area contributed by atoms with E-state index in [-0.39, 0.29) is 5.91 Å². The first-order chi connectivity index (χ1) is 8.08. The lowest BCUT2D eigenvalue weighted by molar-refractivity contribution is 0.102. The van der Waals surface area contributed by atoms with Crippen molar-refractivity contribution in [3.63, 3.8) is 0 Å². The summed E-state index contributed by atoms with van der Waals surface area (Å²) < 4.78 is 6.22. The highest BCUT2D eigenvalue weighted by atomic mass is 79.9. The van der Waals surface area contributed by atoms with E-state index >= 15 is 0 Å².